The van der Waals surface area contributed by atoms with Crippen LogP contribution >= 0.6 is 0 Å². The lowest BCUT2D eigenvalue weighted by molar-refractivity contribution is -0.132. The van der Waals surface area contributed by atoms with Gasteiger partial charge in [0.2, 0.25) is 5.91 Å². The van der Waals surface area contributed by atoms with Gasteiger partial charge in [0.15, 0.2) is 5.78 Å². The second-order valence-corrected chi connectivity index (χ2v) is 7.24. The number of Topliss-reactive ketones (excluding diaryl/α,β-unsaturated/α-hetero) is 1. The lowest BCUT2D eigenvalue weighted by atomic mass is 9.98. The number of nitrogens with zero attached hydrogens (tertiary/aromatic N) is 1. The minimum absolute atomic E-state index is 0.0600. The number of carbonyl (C=O) groups is 2. The summed E-state index contributed by atoms with van der Waals surface area (Å²) in [6.07, 6.45) is 6.13. The SMILES string of the molecule is CCc1ccc(C(=O)CCC(=O)N(C)C2CC3CCC(C2)N3)cc1. The number of benzene rings is 1. The van der Waals surface area contributed by atoms with E-state index in [1.165, 1.54) is 18.4 Å². The third-order valence-electron chi connectivity index (χ3n) is 5.64. The molecule has 2 bridgehead atoms. The molecule has 2 aliphatic rings. The molecule has 24 heavy (non-hydrogen) atoms. The highest BCUT2D eigenvalue weighted by molar-refractivity contribution is 5.98. The maximum Gasteiger partial charge on any atom is 0.223 e. The van der Waals surface area contributed by atoms with Gasteiger partial charge in [-0.3, -0.25) is 9.59 Å². The summed E-state index contributed by atoms with van der Waals surface area (Å²) in [5, 5.41) is 3.60. The van der Waals surface area contributed by atoms with E-state index in [1.807, 2.05) is 36.2 Å². The molecule has 4 heteroatoms. The molecular formula is C20H28N2O2. The van der Waals surface area contributed by atoms with E-state index in [4.69, 9.17) is 0 Å². The Bertz CT molecular complexity index is 584. The predicted molar refractivity (Wildman–Crippen MR) is 95.1 cm³/mol. The fraction of sp³-hybridized carbons (Fsp3) is 0.600. The number of ketones is 1. The van der Waals surface area contributed by atoms with Gasteiger partial charge < -0.3 is 10.2 Å². The summed E-state index contributed by atoms with van der Waals surface area (Å²) < 4.78 is 0. The van der Waals surface area contributed by atoms with Crippen molar-refractivity contribution in [1.29, 1.82) is 0 Å². The van der Waals surface area contributed by atoms with Gasteiger partial charge in [0.05, 0.1) is 0 Å². The average Bonchev–Trinajstić information content (AvgIpc) is 2.96. The topological polar surface area (TPSA) is 49.4 Å². The molecule has 1 aromatic carbocycles. The third-order valence-corrected chi connectivity index (χ3v) is 5.64. The van der Waals surface area contributed by atoms with Crippen LogP contribution in [0.3, 0.4) is 0 Å². The first-order valence-corrected chi connectivity index (χ1v) is 9.20. The van der Waals surface area contributed by atoms with Crippen molar-refractivity contribution in [2.24, 2.45) is 0 Å². The minimum Gasteiger partial charge on any atom is -0.343 e. The van der Waals surface area contributed by atoms with E-state index in [0.29, 0.717) is 36.5 Å². The van der Waals surface area contributed by atoms with Gasteiger partial charge in [-0.2, -0.15) is 0 Å². The number of aryl methyl sites for hydroxylation is 1. The van der Waals surface area contributed by atoms with Crippen LogP contribution in [0.5, 0.6) is 0 Å². The molecular weight excluding hydrogens is 300 g/mol. The molecule has 2 fully saturated rings. The molecule has 1 aromatic rings. The second kappa shape index (κ2) is 7.47. The van der Waals surface area contributed by atoms with Crippen LogP contribution < -0.4 is 5.32 Å². The first-order valence-electron chi connectivity index (χ1n) is 9.20. The Morgan fingerprint density at radius 3 is 2.29 bits per heavy atom. The van der Waals surface area contributed by atoms with Crippen LogP contribution in [0.15, 0.2) is 24.3 Å². The summed E-state index contributed by atoms with van der Waals surface area (Å²) in [6, 6.07) is 9.21. The smallest absolute Gasteiger partial charge is 0.223 e. The Morgan fingerprint density at radius 1 is 1.08 bits per heavy atom. The molecule has 0 spiro atoms. The highest BCUT2D eigenvalue weighted by Gasteiger charge is 2.36. The molecule has 0 radical (unpaired) electrons. The lowest BCUT2D eigenvalue weighted by Gasteiger charge is -2.35. The van der Waals surface area contributed by atoms with E-state index in [2.05, 4.69) is 12.2 Å². The van der Waals surface area contributed by atoms with Crippen LogP contribution in [0.4, 0.5) is 0 Å². The zero-order chi connectivity index (χ0) is 17.1. The van der Waals surface area contributed by atoms with Gasteiger partial charge in [0.25, 0.3) is 0 Å². The Balaban J connectivity index is 1.50. The summed E-state index contributed by atoms with van der Waals surface area (Å²) in [5.74, 6) is 0.157. The molecule has 2 unspecified atom stereocenters. The monoisotopic (exact) mass is 328 g/mol. The quantitative estimate of drug-likeness (QED) is 0.817. The van der Waals surface area contributed by atoms with Crippen molar-refractivity contribution in [3.63, 3.8) is 0 Å². The Kier molecular flexibility index (Phi) is 5.34. The molecule has 130 valence electrons. The van der Waals surface area contributed by atoms with Crippen LogP contribution in [-0.4, -0.2) is 41.8 Å². The van der Waals surface area contributed by atoms with E-state index >= 15 is 0 Å². The standard InChI is InChI=1S/C20H28N2O2/c1-3-14-4-6-15(7-5-14)19(23)10-11-20(24)22(2)18-12-16-8-9-17(13-18)21-16/h4-7,16-18,21H,3,8-13H2,1-2H3. The number of hydrogen-bond acceptors (Lipinski definition) is 3. The number of amides is 1. The molecule has 2 aliphatic heterocycles. The molecule has 2 saturated heterocycles. The summed E-state index contributed by atoms with van der Waals surface area (Å²) >= 11 is 0. The Hall–Kier alpha value is -1.68. The molecule has 2 heterocycles. The van der Waals surface area contributed by atoms with E-state index in [0.717, 1.165) is 19.3 Å². The van der Waals surface area contributed by atoms with Gasteiger partial charge in [-0.25, -0.2) is 0 Å². The van der Waals surface area contributed by atoms with Crippen molar-refractivity contribution in [2.75, 3.05) is 7.05 Å². The summed E-state index contributed by atoms with van der Waals surface area (Å²) in [7, 11) is 1.90. The van der Waals surface area contributed by atoms with Crippen molar-refractivity contribution in [3.8, 4) is 0 Å². The van der Waals surface area contributed by atoms with Crippen LogP contribution in [0, 0.1) is 0 Å². The van der Waals surface area contributed by atoms with Crippen molar-refractivity contribution < 1.29 is 9.59 Å². The van der Waals surface area contributed by atoms with Crippen molar-refractivity contribution in [2.45, 2.75) is 70.0 Å². The largest absolute Gasteiger partial charge is 0.343 e. The predicted octanol–water partition coefficient (Wildman–Crippen LogP) is 2.95. The van der Waals surface area contributed by atoms with Crippen molar-refractivity contribution in [3.05, 3.63) is 35.4 Å². The normalized spacial score (nSPS) is 25.5. The van der Waals surface area contributed by atoms with Gasteiger partial charge in [-0.05, 0) is 37.7 Å². The molecule has 0 aliphatic carbocycles. The van der Waals surface area contributed by atoms with Gasteiger partial charge >= 0.3 is 0 Å². The van der Waals surface area contributed by atoms with Gasteiger partial charge in [-0.15, -0.1) is 0 Å². The van der Waals surface area contributed by atoms with E-state index in [9.17, 15) is 9.59 Å². The first kappa shape index (κ1) is 17.2. The summed E-state index contributed by atoms with van der Waals surface area (Å²) in [5.41, 5.74) is 1.94. The Labute approximate surface area is 144 Å². The molecule has 0 saturated carbocycles. The highest BCUT2D eigenvalue weighted by Crippen LogP contribution is 2.29. The number of hydrogen-bond donors (Lipinski definition) is 1. The first-order chi connectivity index (χ1) is 11.6. The average molecular weight is 328 g/mol. The van der Waals surface area contributed by atoms with E-state index < -0.39 is 0 Å². The van der Waals surface area contributed by atoms with Crippen LogP contribution in [0.2, 0.25) is 0 Å². The van der Waals surface area contributed by atoms with Crippen LogP contribution in [0.1, 0.15) is 61.4 Å². The number of carbonyl (C=O) groups excluding carboxylic acids is 2. The van der Waals surface area contributed by atoms with E-state index in [-0.39, 0.29) is 11.7 Å². The molecule has 2 atom stereocenters. The minimum atomic E-state index is 0.0600. The Morgan fingerprint density at radius 2 is 1.71 bits per heavy atom. The molecule has 3 rings (SSSR count). The van der Waals surface area contributed by atoms with Crippen LogP contribution in [0.25, 0.3) is 0 Å². The number of rotatable bonds is 6. The zero-order valence-electron chi connectivity index (χ0n) is 14.8. The van der Waals surface area contributed by atoms with Crippen LogP contribution in [-0.2, 0) is 11.2 Å². The molecule has 4 nitrogen and oxygen atoms in total. The van der Waals surface area contributed by atoms with Gasteiger partial charge in [-0.1, -0.05) is 31.2 Å². The maximum absolute atomic E-state index is 12.5. The fourth-order valence-electron chi connectivity index (χ4n) is 4.01. The molecule has 1 N–H and O–H groups in total. The fourth-order valence-corrected chi connectivity index (χ4v) is 4.01. The zero-order valence-corrected chi connectivity index (χ0v) is 14.8. The summed E-state index contributed by atoms with van der Waals surface area (Å²) in [6.45, 7) is 2.10. The second-order valence-electron chi connectivity index (χ2n) is 7.24. The third kappa shape index (κ3) is 3.86. The van der Waals surface area contributed by atoms with Crippen molar-refractivity contribution in [1.82, 2.24) is 10.2 Å². The lowest BCUT2D eigenvalue weighted by Crippen LogP contribution is -2.48. The highest BCUT2D eigenvalue weighted by atomic mass is 16.2. The van der Waals surface area contributed by atoms with Crippen molar-refractivity contribution >= 4 is 11.7 Å². The number of piperidine rings is 1. The van der Waals surface area contributed by atoms with Gasteiger partial charge in [0.1, 0.15) is 0 Å². The number of nitrogens with one attached hydrogen (secondary N) is 1. The van der Waals surface area contributed by atoms with Gasteiger partial charge in [0, 0.05) is 43.6 Å². The summed E-state index contributed by atoms with van der Waals surface area (Å²) in [4.78, 5) is 26.6. The van der Waals surface area contributed by atoms with E-state index in [1.54, 1.807) is 0 Å². The molecule has 1 amide bonds. The molecule has 0 aromatic heterocycles. The maximum atomic E-state index is 12.5. The number of fused-ring (bicyclic) bond motifs is 2.